The van der Waals surface area contributed by atoms with Crippen molar-refractivity contribution in [3.63, 3.8) is 0 Å². The van der Waals surface area contributed by atoms with Gasteiger partial charge in [-0.05, 0) is 51.0 Å². The van der Waals surface area contributed by atoms with Gasteiger partial charge in [0.25, 0.3) is 0 Å². The van der Waals surface area contributed by atoms with Crippen molar-refractivity contribution in [3.8, 4) is 0 Å². The van der Waals surface area contributed by atoms with Gasteiger partial charge in [-0.25, -0.2) is 0 Å². The Morgan fingerprint density at radius 3 is 2.25 bits per heavy atom. The maximum atomic E-state index is 9.89. The van der Waals surface area contributed by atoms with Crippen LogP contribution < -0.4 is 0 Å². The van der Waals surface area contributed by atoms with Gasteiger partial charge in [0.1, 0.15) is 11.5 Å². The van der Waals surface area contributed by atoms with E-state index in [4.69, 9.17) is 4.74 Å². The second kappa shape index (κ2) is 13.8. The van der Waals surface area contributed by atoms with Crippen molar-refractivity contribution in [1.82, 2.24) is 0 Å². The molecule has 0 aromatic heterocycles. The molecule has 0 aromatic carbocycles. The largest absolute Gasteiger partial charge is 0.508 e. The van der Waals surface area contributed by atoms with Crippen molar-refractivity contribution in [2.75, 3.05) is 13.2 Å². The third-order valence-corrected chi connectivity index (χ3v) is 2.91. The molecular formula is C16H27NO3. The Bertz CT molecular complexity index is 333. The number of aliphatic hydroxyl groups excluding tert-OH is 1. The van der Waals surface area contributed by atoms with E-state index in [-0.39, 0.29) is 5.76 Å². The molecule has 0 aliphatic carbocycles. The van der Waals surface area contributed by atoms with Gasteiger partial charge in [0.05, 0.1) is 13.2 Å². The lowest BCUT2D eigenvalue weighted by Crippen LogP contribution is -1.93. The van der Waals surface area contributed by atoms with Gasteiger partial charge in [0, 0.05) is 0 Å². The molecule has 0 unspecified atom stereocenters. The number of nitroso groups, excluding NO2 is 1. The van der Waals surface area contributed by atoms with Crippen LogP contribution in [0.3, 0.4) is 0 Å². The van der Waals surface area contributed by atoms with Crippen LogP contribution in [-0.2, 0) is 4.74 Å². The maximum Gasteiger partial charge on any atom is 0.115 e. The van der Waals surface area contributed by atoms with E-state index in [9.17, 15) is 10.0 Å². The first-order valence-electron chi connectivity index (χ1n) is 7.36. The minimum absolute atomic E-state index is 0.234. The van der Waals surface area contributed by atoms with E-state index in [2.05, 4.69) is 5.18 Å². The number of rotatable bonds is 12. The van der Waals surface area contributed by atoms with Crippen LogP contribution in [0.5, 0.6) is 0 Å². The van der Waals surface area contributed by atoms with Crippen molar-refractivity contribution >= 4 is 0 Å². The van der Waals surface area contributed by atoms with Crippen molar-refractivity contribution in [3.05, 3.63) is 40.7 Å². The molecule has 0 heterocycles. The Balaban J connectivity index is 3.57. The average Bonchev–Trinajstić information content (AvgIpc) is 2.48. The molecule has 4 nitrogen and oxygen atoms in total. The van der Waals surface area contributed by atoms with Crippen molar-refractivity contribution in [2.24, 2.45) is 5.18 Å². The summed E-state index contributed by atoms with van der Waals surface area (Å²) >= 11 is 0. The smallest absolute Gasteiger partial charge is 0.115 e. The fourth-order valence-corrected chi connectivity index (χ4v) is 1.67. The highest BCUT2D eigenvalue weighted by molar-refractivity contribution is 5.19. The monoisotopic (exact) mass is 281 g/mol. The molecule has 0 fully saturated rings. The Kier molecular flexibility index (Phi) is 12.7. The first-order valence-corrected chi connectivity index (χ1v) is 7.36. The number of allylic oxidation sites excluding steroid dienone is 4. The van der Waals surface area contributed by atoms with E-state index < -0.39 is 0 Å². The SMILES string of the molecule is C\C=C(O)/C=C\C(=C/C)OCCCCCCCCN=O. The Morgan fingerprint density at radius 2 is 1.65 bits per heavy atom. The highest BCUT2D eigenvalue weighted by atomic mass is 16.5. The van der Waals surface area contributed by atoms with Gasteiger partial charge >= 0.3 is 0 Å². The summed E-state index contributed by atoms with van der Waals surface area (Å²) < 4.78 is 5.61. The summed E-state index contributed by atoms with van der Waals surface area (Å²) in [5.74, 6) is 1.01. The van der Waals surface area contributed by atoms with Crippen LogP contribution in [0.15, 0.2) is 41.0 Å². The van der Waals surface area contributed by atoms with E-state index in [1.807, 2.05) is 13.0 Å². The average molecular weight is 281 g/mol. The predicted octanol–water partition coefficient (Wildman–Crippen LogP) is 5.03. The molecule has 0 amide bonds. The molecule has 0 bridgehead atoms. The summed E-state index contributed by atoms with van der Waals surface area (Å²) in [4.78, 5) is 9.89. The summed E-state index contributed by atoms with van der Waals surface area (Å²) in [5.41, 5.74) is 0. The van der Waals surface area contributed by atoms with Gasteiger partial charge < -0.3 is 9.84 Å². The molecule has 0 aromatic rings. The molecule has 0 saturated carbocycles. The molecule has 0 saturated heterocycles. The molecule has 4 heteroatoms. The van der Waals surface area contributed by atoms with Gasteiger partial charge in [-0.2, -0.15) is 4.91 Å². The third kappa shape index (κ3) is 11.5. The van der Waals surface area contributed by atoms with Crippen LogP contribution in [0.1, 0.15) is 52.4 Å². The highest BCUT2D eigenvalue weighted by Gasteiger charge is 1.95. The first kappa shape index (κ1) is 18.4. The quantitative estimate of drug-likeness (QED) is 0.236. The molecule has 1 N–H and O–H groups in total. The van der Waals surface area contributed by atoms with E-state index in [0.717, 1.165) is 37.9 Å². The fourth-order valence-electron chi connectivity index (χ4n) is 1.67. The van der Waals surface area contributed by atoms with Crippen molar-refractivity contribution in [2.45, 2.75) is 52.4 Å². The van der Waals surface area contributed by atoms with Gasteiger partial charge in [-0.1, -0.05) is 30.9 Å². The molecular weight excluding hydrogens is 254 g/mol. The molecule has 114 valence electrons. The molecule has 0 rings (SSSR count). The number of aliphatic hydroxyl groups is 1. The zero-order valence-corrected chi connectivity index (χ0v) is 12.7. The number of ether oxygens (including phenoxy) is 1. The highest BCUT2D eigenvalue weighted by Crippen LogP contribution is 2.08. The fraction of sp³-hybridized carbons (Fsp3) is 0.625. The zero-order chi connectivity index (χ0) is 15.1. The van der Waals surface area contributed by atoms with E-state index >= 15 is 0 Å². The Hall–Kier alpha value is -1.58. The number of nitrogens with zero attached hydrogens (tertiary/aromatic N) is 1. The second-order valence-corrected chi connectivity index (χ2v) is 4.56. The van der Waals surface area contributed by atoms with E-state index in [0.29, 0.717) is 13.2 Å². The van der Waals surface area contributed by atoms with Crippen molar-refractivity contribution < 1.29 is 9.84 Å². The molecule has 0 aliphatic rings. The topological polar surface area (TPSA) is 58.9 Å². The summed E-state index contributed by atoms with van der Waals surface area (Å²) in [5, 5.41) is 12.1. The third-order valence-electron chi connectivity index (χ3n) is 2.91. The number of hydrogen-bond donors (Lipinski definition) is 1. The molecule has 0 radical (unpaired) electrons. The first-order chi connectivity index (χ1) is 9.74. The minimum atomic E-state index is 0.234. The van der Waals surface area contributed by atoms with Gasteiger partial charge in [0.2, 0.25) is 0 Å². The van der Waals surface area contributed by atoms with Gasteiger partial charge in [0.15, 0.2) is 0 Å². The lowest BCUT2D eigenvalue weighted by Gasteiger charge is -2.06. The zero-order valence-electron chi connectivity index (χ0n) is 12.7. The standard InChI is InChI=1S/C16H27NO3/c1-3-15(18)11-12-16(4-2)20-14-10-8-6-5-7-9-13-17-19/h3-4,11-12,18H,5-10,13-14H2,1-2H3/b12-11-,15-3+,16-4+. The van der Waals surface area contributed by atoms with Crippen LogP contribution in [0.25, 0.3) is 0 Å². The van der Waals surface area contributed by atoms with Crippen LogP contribution in [-0.4, -0.2) is 18.3 Å². The van der Waals surface area contributed by atoms with Gasteiger partial charge in [-0.15, -0.1) is 0 Å². The van der Waals surface area contributed by atoms with Crippen LogP contribution in [0.4, 0.5) is 0 Å². The number of hydrogen-bond acceptors (Lipinski definition) is 4. The van der Waals surface area contributed by atoms with Crippen LogP contribution in [0, 0.1) is 4.91 Å². The van der Waals surface area contributed by atoms with Crippen LogP contribution >= 0.6 is 0 Å². The summed E-state index contributed by atoms with van der Waals surface area (Å²) in [7, 11) is 0. The summed E-state index contributed by atoms with van der Waals surface area (Å²) in [6.07, 6.45) is 13.4. The molecule has 20 heavy (non-hydrogen) atoms. The lowest BCUT2D eigenvalue weighted by molar-refractivity contribution is 0.216. The lowest BCUT2D eigenvalue weighted by atomic mass is 10.1. The normalized spacial score (nSPS) is 12.9. The predicted molar refractivity (Wildman–Crippen MR) is 83.6 cm³/mol. The summed E-state index contributed by atoms with van der Waals surface area (Å²) in [6.45, 7) is 4.82. The molecule has 0 aliphatic heterocycles. The Morgan fingerprint density at radius 1 is 1.00 bits per heavy atom. The van der Waals surface area contributed by atoms with E-state index in [1.165, 1.54) is 6.42 Å². The maximum absolute atomic E-state index is 9.89. The Labute approximate surface area is 122 Å². The summed E-state index contributed by atoms with van der Waals surface area (Å²) in [6, 6.07) is 0. The van der Waals surface area contributed by atoms with Crippen molar-refractivity contribution in [1.29, 1.82) is 0 Å². The molecule has 0 atom stereocenters. The molecule has 0 spiro atoms. The van der Waals surface area contributed by atoms with Gasteiger partial charge in [-0.3, -0.25) is 0 Å². The number of unbranched alkanes of at least 4 members (excludes halogenated alkanes) is 5. The second-order valence-electron chi connectivity index (χ2n) is 4.56. The minimum Gasteiger partial charge on any atom is -0.508 e. The van der Waals surface area contributed by atoms with E-state index in [1.54, 1.807) is 25.2 Å². The van der Waals surface area contributed by atoms with Crippen LogP contribution in [0.2, 0.25) is 0 Å².